The molecule has 0 fully saturated rings. The van der Waals surface area contributed by atoms with Gasteiger partial charge in [0, 0.05) is 5.25 Å². The molecule has 0 saturated heterocycles. The van der Waals surface area contributed by atoms with E-state index in [2.05, 4.69) is 74.5 Å². The topological polar surface area (TPSA) is 0 Å². The molecule has 122 valence electrons. The highest BCUT2D eigenvalue weighted by molar-refractivity contribution is 7.80. The molecule has 0 amide bonds. The molecule has 25 heavy (non-hydrogen) atoms. The molecule has 1 unspecified atom stereocenters. The number of thiol groups is 1. The van der Waals surface area contributed by atoms with Gasteiger partial charge in [0.25, 0.3) is 0 Å². The number of hydrogen-bond acceptors (Lipinski definition) is 1. The molecule has 0 saturated carbocycles. The molecule has 1 atom stereocenters. The Morgan fingerprint density at radius 2 is 1.24 bits per heavy atom. The second-order valence-corrected chi connectivity index (χ2v) is 7.82. The summed E-state index contributed by atoms with van der Waals surface area (Å²) in [6.45, 7) is 4.44. The van der Waals surface area contributed by atoms with Crippen LogP contribution in [0.5, 0.6) is 0 Å². The van der Waals surface area contributed by atoms with Gasteiger partial charge in [-0.05, 0) is 75.2 Å². The van der Waals surface area contributed by atoms with Gasteiger partial charge in [0.2, 0.25) is 0 Å². The van der Waals surface area contributed by atoms with Crippen LogP contribution >= 0.6 is 12.6 Å². The molecule has 0 radical (unpaired) electrons. The molecule has 1 aliphatic carbocycles. The summed E-state index contributed by atoms with van der Waals surface area (Å²) in [5, 5.41) is 5.68. The van der Waals surface area contributed by atoms with Crippen LogP contribution < -0.4 is 0 Å². The average Bonchev–Trinajstić information content (AvgIpc) is 2.63. The van der Waals surface area contributed by atoms with E-state index in [1.54, 1.807) is 0 Å². The highest BCUT2D eigenvalue weighted by atomic mass is 32.1. The van der Waals surface area contributed by atoms with Crippen LogP contribution in [0, 0.1) is 13.8 Å². The summed E-state index contributed by atoms with van der Waals surface area (Å²) in [4.78, 5) is 0. The molecule has 0 heterocycles. The molecule has 1 heteroatoms. The van der Waals surface area contributed by atoms with Gasteiger partial charge in [-0.15, -0.1) is 0 Å². The van der Waals surface area contributed by atoms with Crippen LogP contribution in [0.2, 0.25) is 0 Å². The second-order valence-electron chi connectivity index (χ2n) is 7.20. The summed E-state index contributed by atoms with van der Waals surface area (Å²) in [6.07, 6.45) is 0.995. The fraction of sp³-hybridized carbons (Fsp3) is 0.167. The first-order valence-corrected chi connectivity index (χ1v) is 9.38. The van der Waals surface area contributed by atoms with Gasteiger partial charge in [-0.3, -0.25) is 0 Å². The van der Waals surface area contributed by atoms with Crippen molar-refractivity contribution in [3.8, 4) is 11.1 Å². The number of benzene rings is 4. The minimum atomic E-state index is 0.256. The Bertz CT molecular complexity index is 1150. The SMILES string of the molecule is Cc1cc2c(c3ccccc13)-c1c(cc(C)c3ccccc13)C(S)C2. The lowest BCUT2D eigenvalue weighted by atomic mass is 9.78. The zero-order valence-corrected chi connectivity index (χ0v) is 15.4. The van der Waals surface area contributed by atoms with Crippen molar-refractivity contribution in [1.82, 2.24) is 0 Å². The molecule has 0 aliphatic heterocycles. The van der Waals surface area contributed by atoms with Crippen molar-refractivity contribution in [2.24, 2.45) is 0 Å². The van der Waals surface area contributed by atoms with Gasteiger partial charge in [-0.1, -0.05) is 60.7 Å². The smallest absolute Gasteiger partial charge is 0.0314 e. The Kier molecular flexibility index (Phi) is 3.23. The summed E-state index contributed by atoms with van der Waals surface area (Å²) >= 11 is 4.97. The largest absolute Gasteiger partial charge is 0.171 e. The van der Waals surface area contributed by atoms with Gasteiger partial charge >= 0.3 is 0 Å². The maximum absolute atomic E-state index is 4.97. The van der Waals surface area contributed by atoms with Gasteiger partial charge in [0.05, 0.1) is 0 Å². The lowest BCUT2D eigenvalue weighted by Gasteiger charge is -2.29. The Balaban J connectivity index is 2.03. The molecule has 4 aromatic carbocycles. The first kappa shape index (κ1) is 15.0. The number of aryl methyl sites for hydroxylation is 2. The van der Waals surface area contributed by atoms with Gasteiger partial charge in [0.15, 0.2) is 0 Å². The summed E-state index contributed by atoms with van der Waals surface area (Å²) < 4.78 is 0. The molecule has 0 nitrogen and oxygen atoms in total. The van der Waals surface area contributed by atoms with Gasteiger partial charge in [-0.25, -0.2) is 0 Å². The molecule has 0 aromatic heterocycles. The van der Waals surface area contributed by atoms with Crippen molar-refractivity contribution in [3.63, 3.8) is 0 Å². The van der Waals surface area contributed by atoms with Crippen LogP contribution in [-0.2, 0) is 6.42 Å². The third-order valence-corrected chi connectivity index (χ3v) is 6.10. The van der Waals surface area contributed by atoms with Crippen LogP contribution in [-0.4, -0.2) is 0 Å². The number of fused-ring (bicyclic) bond motifs is 7. The predicted octanol–water partition coefficient (Wildman–Crippen LogP) is 6.80. The van der Waals surface area contributed by atoms with E-state index in [-0.39, 0.29) is 5.25 Å². The minimum absolute atomic E-state index is 0.256. The van der Waals surface area contributed by atoms with E-state index in [0.29, 0.717) is 0 Å². The molecule has 4 aromatic rings. The van der Waals surface area contributed by atoms with Crippen molar-refractivity contribution >= 4 is 34.2 Å². The normalized spacial score (nSPS) is 16.0. The molecular formula is C24H20S. The van der Waals surface area contributed by atoms with Crippen LogP contribution in [0.3, 0.4) is 0 Å². The average molecular weight is 340 g/mol. The standard InChI is InChI=1S/C24H20S/c1-14-11-16-13-22(25)21-12-15(2)18-8-4-6-10-20(18)24(21)23(16)19-9-5-3-7-17(14)19/h3-12,22,25H,13H2,1-2H3. The predicted molar refractivity (Wildman–Crippen MR) is 112 cm³/mol. The maximum Gasteiger partial charge on any atom is 0.0314 e. The van der Waals surface area contributed by atoms with E-state index in [1.165, 1.54) is 54.9 Å². The van der Waals surface area contributed by atoms with Crippen molar-refractivity contribution in [1.29, 1.82) is 0 Å². The van der Waals surface area contributed by atoms with E-state index in [9.17, 15) is 0 Å². The van der Waals surface area contributed by atoms with Crippen LogP contribution in [0.25, 0.3) is 32.7 Å². The maximum atomic E-state index is 4.97. The highest BCUT2D eigenvalue weighted by Crippen LogP contribution is 2.48. The van der Waals surface area contributed by atoms with Gasteiger partial charge in [-0.2, -0.15) is 12.6 Å². The summed E-state index contributed by atoms with van der Waals surface area (Å²) in [5.41, 5.74) is 8.30. The third kappa shape index (κ3) is 2.09. The Morgan fingerprint density at radius 3 is 1.88 bits per heavy atom. The van der Waals surface area contributed by atoms with Crippen LogP contribution in [0.1, 0.15) is 27.5 Å². The van der Waals surface area contributed by atoms with Crippen LogP contribution in [0.4, 0.5) is 0 Å². The first-order valence-electron chi connectivity index (χ1n) is 8.87. The second kappa shape index (κ2) is 5.37. The molecule has 5 rings (SSSR count). The zero-order valence-electron chi connectivity index (χ0n) is 14.5. The molecule has 0 bridgehead atoms. The number of hydrogen-bond donors (Lipinski definition) is 1. The highest BCUT2D eigenvalue weighted by Gasteiger charge is 2.27. The summed E-state index contributed by atoms with van der Waals surface area (Å²) in [6, 6.07) is 22.3. The van der Waals surface area contributed by atoms with Crippen molar-refractivity contribution in [2.45, 2.75) is 25.5 Å². The van der Waals surface area contributed by atoms with Gasteiger partial charge in [0.1, 0.15) is 0 Å². The monoisotopic (exact) mass is 340 g/mol. The van der Waals surface area contributed by atoms with E-state index < -0.39 is 0 Å². The quantitative estimate of drug-likeness (QED) is 0.334. The molecular weight excluding hydrogens is 320 g/mol. The van der Waals surface area contributed by atoms with Crippen molar-refractivity contribution in [2.75, 3.05) is 0 Å². The summed E-state index contributed by atoms with van der Waals surface area (Å²) in [5.74, 6) is 0. The Hall–Kier alpha value is -2.25. The Labute approximate surface area is 153 Å². The summed E-state index contributed by atoms with van der Waals surface area (Å²) in [7, 11) is 0. The van der Waals surface area contributed by atoms with E-state index in [0.717, 1.165) is 6.42 Å². The van der Waals surface area contributed by atoms with E-state index in [1.807, 2.05) is 0 Å². The number of rotatable bonds is 0. The fourth-order valence-electron chi connectivity index (χ4n) is 4.53. The Morgan fingerprint density at radius 1 is 0.720 bits per heavy atom. The van der Waals surface area contributed by atoms with Gasteiger partial charge < -0.3 is 0 Å². The van der Waals surface area contributed by atoms with E-state index in [4.69, 9.17) is 12.6 Å². The lowest BCUT2D eigenvalue weighted by Crippen LogP contribution is -2.09. The van der Waals surface area contributed by atoms with Crippen molar-refractivity contribution in [3.05, 3.63) is 82.9 Å². The molecule has 1 aliphatic rings. The fourth-order valence-corrected chi connectivity index (χ4v) is 4.93. The molecule has 0 N–H and O–H groups in total. The van der Waals surface area contributed by atoms with E-state index >= 15 is 0 Å². The minimum Gasteiger partial charge on any atom is -0.171 e. The lowest BCUT2D eigenvalue weighted by molar-refractivity contribution is 0.925. The van der Waals surface area contributed by atoms with Crippen LogP contribution in [0.15, 0.2) is 60.7 Å². The molecule has 0 spiro atoms. The first-order chi connectivity index (χ1) is 12.1. The third-order valence-electron chi connectivity index (χ3n) is 5.64. The zero-order chi connectivity index (χ0) is 17.1. The van der Waals surface area contributed by atoms with Crippen molar-refractivity contribution < 1.29 is 0 Å².